The molecule has 1 aromatic rings. The maximum absolute atomic E-state index is 13.0. The first kappa shape index (κ1) is 17.1. The lowest BCUT2D eigenvalue weighted by Gasteiger charge is -2.40. The largest absolute Gasteiger partial charge is 0.493 e. The molecule has 2 aliphatic rings. The van der Waals surface area contributed by atoms with E-state index in [0.29, 0.717) is 24.3 Å². The summed E-state index contributed by atoms with van der Waals surface area (Å²) >= 11 is 0. The number of amides is 1. The number of benzene rings is 1. The van der Waals surface area contributed by atoms with Crippen molar-refractivity contribution in [2.24, 2.45) is 5.92 Å². The number of carbonyl (C=O) groups excluding carboxylic acids is 1. The number of carbonyl (C=O) groups is 1. The molecule has 0 aromatic heterocycles. The van der Waals surface area contributed by atoms with Crippen LogP contribution in [0.3, 0.4) is 0 Å². The summed E-state index contributed by atoms with van der Waals surface area (Å²) in [5.41, 5.74) is -0.478. The van der Waals surface area contributed by atoms with Gasteiger partial charge in [0.05, 0.1) is 6.61 Å². The molecule has 0 radical (unpaired) electrons. The Hall–Kier alpha value is -1.78. The van der Waals surface area contributed by atoms with Crippen LogP contribution in [0.25, 0.3) is 0 Å². The van der Waals surface area contributed by atoms with E-state index in [0.717, 1.165) is 25.7 Å². The van der Waals surface area contributed by atoms with Crippen molar-refractivity contribution in [2.45, 2.75) is 64.1 Å². The highest BCUT2D eigenvalue weighted by Gasteiger charge is 2.46. The van der Waals surface area contributed by atoms with E-state index in [1.54, 1.807) is 12.1 Å². The van der Waals surface area contributed by atoms with Gasteiger partial charge in [-0.3, -0.25) is 0 Å². The van der Waals surface area contributed by atoms with Gasteiger partial charge in [-0.05, 0) is 70.7 Å². The van der Waals surface area contributed by atoms with Gasteiger partial charge in [-0.25, -0.2) is 9.18 Å². The third-order valence-electron chi connectivity index (χ3n) is 4.84. The van der Waals surface area contributed by atoms with Crippen LogP contribution >= 0.6 is 0 Å². The molecule has 2 fully saturated rings. The summed E-state index contributed by atoms with van der Waals surface area (Å²) in [7, 11) is 0. The maximum atomic E-state index is 13.0. The van der Waals surface area contributed by atoms with E-state index in [9.17, 15) is 9.18 Å². The average Bonchev–Trinajstić information content (AvgIpc) is 2.82. The lowest BCUT2D eigenvalue weighted by atomic mass is 9.91. The third-order valence-corrected chi connectivity index (χ3v) is 4.84. The van der Waals surface area contributed by atoms with E-state index >= 15 is 0 Å². The lowest BCUT2D eigenvalue weighted by molar-refractivity contribution is -0.00590. The summed E-state index contributed by atoms with van der Waals surface area (Å²) in [5, 5.41) is 0. The number of hydrogen-bond acceptors (Lipinski definition) is 3. The summed E-state index contributed by atoms with van der Waals surface area (Å²) in [4.78, 5) is 14.5. The number of halogens is 1. The fourth-order valence-electron chi connectivity index (χ4n) is 3.78. The number of ether oxygens (including phenoxy) is 2. The standard InChI is InChI=1S/C19H26FNO3/c1-19(2,3)24-18(22)21-15-7-4-13(17(21)11-8-15)12-23-16-9-5-14(20)6-10-16/h5-6,9-10,13,15,17H,4,7-8,11-12H2,1-3H3/t13-,15-,17?/m1/s1. The molecule has 2 bridgehead atoms. The summed E-state index contributed by atoms with van der Waals surface area (Å²) in [6, 6.07) is 6.55. The molecule has 24 heavy (non-hydrogen) atoms. The van der Waals surface area contributed by atoms with Gasteiger partial charge in [-0.15, -0.1) is 0 Å². The molecule has 2 aliphatic heterocycles. The summed E-state index contributed by atoms with van der Waals surface area (Å²) in [5.74, 6) is 0.691. The van der Waals surface area contributed by atoms with E-state index in [4.69, 9.17) is 9.47 Å². The second-order valence-corrected chi connectivity index (χ2v) is 7.79. The molecule has 2 saturated heterocycles. The second-order valence-electron chi connectivity index (χ2n) is 7.79. The molecule has 0 saturated carbocycles. The minimum Gasteiger partial charge on any atom is -0.493 e. The highest BCUT2D eigenvalue weighted by molar-refractivity contribution is 5.69. The number of rotatable bonds is 3. The molecule has 0 N–H and O–H groups in total. The fraction of sp³-hybridized carbons (Fsp3) is 0.632. The predicted octanol–water partition coefficient (Wildman–Crippen LogP) is 4.38. The minimum absolute atomic E-state index is 0.180. The van der Waals surface area contributed by atoms with Crippen LogP contribution in [0.4, 0.5) is 9.18 Å². The Balaban J connectivity index is 1.63. The predicted molar refractivity (Wildman–Crippen MR) is 89.5 cm³/mol. The van der Waals surface area contributed by atoms with Crippen LogP contribution in [0.5, 0.6) is 5.75 Å². The molecular weight excluding hydrogens is 309 g/mol. The molecular formula is C19H26FNO3. The normalized spacial score (nSPS) is 26.3. The van der Waals surface area contributed by atoms with Crippen molar-refractivity contribution >= 4 is 6.09 Å². The first-order valence-electron chi connectivity index (χ1n) is 8.73. The van der Waals surface area contributed by atoms with Gasteiger partial charge >= 0.3 is 6.09 Å². The number of hydrogen-bond donors (Lipinski definition) is 0. The topological polar surface area (TPSA) is 38.8 Å². The van der Waals surface area contributed by atoms with E-state index in [1.807, 2.05) is 25.7 Å². The molecule has 0 spiro atoms. The van der Waals surface area contributed by atoms with Crippen LogP contribution in [-0.2, 0) is 4.74 Å². The summed E-state index contributed by atoms with van der Waals surface area (Å²) < 4.78 is 24.4. The molecule has 2 heterocycles. The Morgan fingerprint density at radius 2 is 1.83 bits per heavy atom. The molecule has 5 heteroatoms. The molecule has 1 amide bonds. The number of piperidine rings is 1. The van der Waals surface area contributed by atoms with E-state index in [-0.39, 0.29) is 18.0 Å². The van der Waals surface area contributed by atoms with Crippen molar-refractivity contribution in [3.05, 3.63) is 30.1 Å². The summed E-state index contributed by atoms with van der Waals surface area (Å²) in [6.07, 6.45) is 3.88. The van der Waals surface area contributed by atoms with Crippen LogP contribution in [-0.4, -0.2) is 35.3 Å². The van der Waals surface area contributed by atoms with Crippen molar-refractivity contribution in [1.29, 1.82) is 0 Å². The van der Waals surface area contributed by atoms with Gasteiger partial charge in [0.25, 0.3) is 0 Å². The van der Waals surface area contributed by atoms with Crippen molar-refractivity contribution in [3.63, 3.8) is 0 Å². The highest BCUT2D eigenvalue weighted by atomic mass is 19.1. The fourth-order valence-corrected chi connectivity index (χ4v) is 3.78. The van der Waals surface area contributed by atoms with E-state index in [1.165, 1.54) is 12.1 Å². The Labute approximate surface area is 142 Å². The van der Waals surface area contributed by atoms with Crippen molar-refractivity contribution in [2.75, 3.05) is 6.61 Å². The van der Waals surface area contributed by atoms with Crippen molar-refractivity contribution < 1.29 is 18.7 Å². The molecule has 0 aliphatic carbocycles. The van der Waals surface area contributed by atoms with Gasteiger partial charge in [0.1, 0.15) is 17.2 Å². The Morgan fingerprint density at radius 3 is 2.50 bits per heavy atom. The Bertz CT molecular complexity index is 581. The summed E-state index contributed by atoms with van der Waals surface area (Å²) in [6.45, 7) is 6.23. The van der Waals surface area contributed by atoms with Gasteiger partial charge < -0.3 is 14.4 Å². The van der Waals surface area contributed by atoms with Crippen molar-refractivity contribution in [1.82, 2.24) is 4.90 Å². The van der Waals surface area contributed by atoms with Crippen molar-refractivity contribution in [3.8, 4) is 5.75 Å². The van der Waals surface area contributed by atoms with Gasteiger partial charge in [-0.1, -0.05) is 0 Å². The molecule has 3 rings (SSSR count). The second kappa shape index (κ2) is 6.61. The zero-order valence-electron chi connectivity index (χ0n) is 14.6. The van der Waals surface area contributed by atoms with Gasteiger partial charge in [-0.2, -0.15) is 0 Å². The first-order chi connectivity index (χ1) is 11.3. The average molecular weight is 335 g/mol. The zero-order chi connectivity index (χ0) is 17.3. The lowest BCUT2D eigenvalue weighted by Crippen LogP contribution is -2.51. The van der Waals surface area contributed by atoms with E-state index < -0.39 is 5.60 Å². The monoisotopic (exact) mass is 335 g/mol. The first-order valence-corrected chi connectivity index (χ1v) is 8.73. The van der Waals surface area contributed by atoms with Crippen LogP contribution in [0.15, 0.2) is 24.3 Å². The zero-order valence-corrected chi connectivity index (χ0v) is 14.6. The third kappa shape index (κ3) is 3.82. The van der Waals surface area contributed by atoms with Gasteiger partial charge in [0, 0.05) is 18.0 Å². The van der Waals surface area contributed by atoms with E-state index in [2.05, 4.69) is 0 Å². The quantitative estimate of drug-likeness (QED) is 0.823. The van der Waals surface area contributed by atoms with Crippen LogP contribution in [0, 0.1) is 11.7 Å². The minimum atomic E-state index is -0.478. The number of nitrogens with zero attached hydrogens (tertiary/aromatic N) is 1. The molecule has 4 nitrogen and oxygen atoms in total. The molecule has 1 unspecified atom stereocenters. The smallest absolute Gasteiger partial charge is 0.410 e. The Kier molecular flexibility index (Phi) is 4.70. The molecule has 3 atom stereocenters. The number of fused-ring (bicyclic) bond motifs is 2. The van der Waals surface area contributed by atoms with Crippen LogP contribution < -0.4 is 4.74 Å². The maximum Gasteiger partial charge on any atom is 0.410 e. The molecule has 132 valence electrons. The van der Waals surface area contributed by atoms with Crippen LogP contribution in [0.1, 0.15) is 46.5 Å². The Morgan fingerprint density at radius 1 is 1.17 bits per heavy atom. The SMILES string of the molecule is CC(C)(C)OC(=O)N1C2CC[C@H]1CC[C@@H]2COc1ccc(F)cc1. The van der Waals surface area contributed by atoms with Gasteiger partial charge in [0.2, 0.25) is 0 Å². The molecule has 1 aromatic carbocycles. The highest BCUT2D eigenvalue weighted by Crippen LogP contribution is 2.40. The van der Waals surface area contributed by atoms with Crippen LogP contribution in [0.2, 0.25) is 0 Å². The van der Waals surface area contributed by atoms with Gasteiger partial charge in [0.15, 0.2) is 0 Å².